The molecule has 2 aromatic carbocycles. The van der Waals surface area contributed by atoms with Crippen molar-refractivity contribution in [3.63, 3.8) is 0 Å². The Kier molecular flexibility index (Phi) is 5.98. The van der Waals surface area contributed by atoms with Crippen LogP contribution in [0.15, 0.2) is 42.5 Å². The van der Waals surface area contributed by atoms with E-state index >= 15 is 0 Å². The number of methoxy groups -OCH3 is 1. The first kappa shape index (κ1) is 18.7. The predicted molar refractivity (Wildman–Crippen MR) is 96.2 cm³/mol. The molecule has 0 aliphatic rings. The molecule has 0 spiro atoms. The second-order valence-corrected chi connectivity index (χ2v) is 5.87. The Morgan fingerprint density at radius 2 is 2.04 bits per heavy atom. The summed E-state index contributed by atoms with van der Waals surface area (Å²) in [5, 5.41) is 11.0. The summed E-state index contributed by atoms with van der Waals surface area (Å²) in [6.07, 6.45) is 0. The second-order valence-electron chi connectivity index (χ2n) is 5.47. The van der Waals surface area contributed by atoms with Crippen LogP contribution in [0.1, 0.15) is 35.8 Å². The van der Waals surface area contributed by atoms with Gasteiger partial charge in [0.25, 0.3) is 11.6 Å². The van der Waals surface area contributed by atoms with Gasteiger partial charge in [-0.3, -0.25) is 14.9 Å². The monoisotopic (exact) mass is 362 g/mol. The number of carbonyl (C=O) groups excluding carboxylic acids is 1. The lowest BCUT2D eigenvalue weighted by atomic mass is 10.0. The summed E-state index contributed by atoms with van der Waals surface area (Å²) in [7, 11) is 1.58. The molecule has 0 saturated heterocycles. The zero-order chi connectivity index (χ0) is 18.6. The summed E-state index contributed by atoms with van der Waals surface area (Å²) >= 11 is 5.82. The third-order valence-corrected chi connectivity index (χ3v) is 4.35. The van der Waals surface area contributed by atoms with E-state index < -0.39 is 4.92 Å². The van der Waals surface area contributed by atoms with Gasteiger partial charge in [0.15, 0.2) is 0 Å². The first-order chi connectivity index (χ1) is 11.9. The van der Waals surface area contributed by atoms with Crippen molar-refractivity contribution < 1.29 is 14.5 Å². The van der Waals surface area contributed by atoms with Gasteiger partial charge in [-0.15, -0.1) is 0 Å². The van der Waals surface area contributed by atoms with Gasteiger partial charge in [-0.1, -0.05) is 23.7 Å². The van der Waals surface area contributed by atoms with Gasteiger partial charge in [0.2, 0.25) is 0 Å². The van der Waals surface area contributed by atoms with Crippen molar-refractivity contribution in [3.8, 4) is 5.75 Å². The molecule has 0 heterocycles. The van der Waals surface area contributed by atoms with Crippen LogP contribution in [0.25, 0.3) is 0 Å². The maximum atomic E-state index is 12.9. The van der Waals surface area contributed by atoms with Crippen LogP contribution < -0.4 is 4.74 Å². The maximum absolute atomic E-state index is 12.9. The number of hydrogen-bond acceptors (Lipinski definition) is 4. The average Bonchev–Trinajstić information content (AvgIpc) is 2.62. The number of nitrogens with zero attached hydrogens (tertiary/aromatic N) is 2. The molecule has 1 amide bonds. The molecule has 0 N–H and O–H groups in total. The molecule has 0 aromatic heterocycles. The first-order valence-corrected chi connectivity index (χ1v) is 8.15. The minimum atomic E-state index is -0.596. The van der Waals surface area contributed by atoms with Crippen molar-refractivity contribution in [1.82, 2.24) is 4.90 Å². The maximum Gasteiger partial charge on any atom is 0.288 e. The molecule has 132 valence electrons. The van der Waals surface area contributed by atoms with Crippen LogP contribution in [-0.4, -0.2) is 29.4 Å². The fraction of sp³-hybridized carbons (Fsp3) is 0.278. The minimum Gasteiger partial charge on any atom is -0.497 e. The molecule has 0 bridgehead atoms. The Labute approximate surface area is 151 Å². The molecule has 7 heteroatoms. The smallest absolute Gasteiger partial charge is 0.288 e. The van der Waals surface area contributed by atoms with Gasteiger partial charge in [-0.2, -0.15) is 0 Å². The lowest BCUT2D eigenvalue weighted by Crippen LogP contribution is -2.33. The fourth-order valence-corrected chi connectivity index (χ4v) is 2.81. The largest absolute Gasteiger partial charge is 0.497 e. The van der Waals surface area contributed by atoms with Crippen molar-refractivity contribution in [2.45, 2.75) is 19.9 Å². The number of benzene rings is 2. The number of halogens is 1. The summed E-state index contributed by atoms with van der Waals surface area (Å²) in [5.74, 6) is 0.410. The van der Waals surface area contributed by atoms with E-state index in [1.54, 1.807) is 12.0 Å². The fourth-order valence-electron chi connectivity index (χ4n) is 2.63. The number of nitro benzene ring substituents is 1. The van der Waals surface area contributed by atoms with E-state index in [4.69, 9.17) is 16.3 Å². The number of rotatable bonds is 6. The Hall–Kier alpha value is -2.60. The molecular formula is C18H19ClN2O4. The van der Waals surface area contributed by atoms with E-state index in [0.717, 1.165) is 5.56 Å². The van der Waals surface area contributed by atoms with E-state index in [-0.39, 0.29) is 28.2 Å². The van der Waals surface area contributed by atoms with Crippen molar-refractivity contribution in [2.75, 3.05) is 13.7 Å². The molecule has 25 heavy (non-hydrogen) atoms. The van der Waals surface area contributed by atoms with Crippen LogP contribution in [0, 0.1) is 10.1 Å². The molecule has 0 saturated carbocycles. The Morgan fingerprint density at radius 1 is 1.32 bits per heavy atom. The zero-order valence-electron chi connectivity index (χ0n) is 14.2. The molecular weight excluding hydrogens is 344 g/mol. The second kappa shape index (κ2) is 7.98. The number of amides is 1. The lowest BCUT2D eigenvalue weighted by molar-refractivity contribution is -0.384. The highest BCUT2D eigenvalue weighted by Gasteiger charge is 2.24. The summed E-state index contributed by atoms with van der Waals surface area (Å²) in [6, 6.07) is 11.3. The first-order valence-electron chi connectivity index (χ1n) is 7.77. The highest BCUT2D eigenvalue weighted by Crippen LogP contribution is 2.28. The topological polar surface area (TPSA) is 72.7 Å². The molecule has 6 nitrogen and oxygen atoms in total. The van der Waals surface area contributed by atoms with E-state index in [1.165, 1.54) is 18.2 Å². The molecule has 0 radical (unpaired) electrons. The highest BCUT2D eigenvalue weighted by atomic mass is 35.5. The highest BCUT2D eigenvalue weighted by molar-refractivity contribution is 6.32. The van der Waals surface area contributed by atoms with E-state index in [0.29, 0.717) is 12.3 Å². The van der Waals surface area contributed by atoms with E-state index in [9.17, 15) is 14.9 Å². The summed E-state index contributed by atoms with van der Waals surface area (Å²) < 4.78 is 5.23. The Morgan fingerprint density at radius 3 is 2.64 bits per heavy atom. The van der Waals surface area contributed by atoms with E-state index in [1.807, 2.05) is 38.1 Å². The summed E-state index contributed by atoms with van der Waals surface area (Å²) in [6.45, 7) is 4.22. The van der Waals surface area contributed by atoms with Crippen molar-refractivity contribution in [1.29, 1.82) is 0 Å². The van der Waals surface area contributed by atoms with Crippen LogP contribution in [0.2, 0.25) is 5.02 Å². The van der Waals surface area contributed by atoms with Gasteiger partial charge < -0.3 is 9.64 Å². The predicted octanol–water partition coefficient (Wildman–Crippen LogP) is 4.48. The van der Waals surface area contributed by atoms with Crippen LogP contribution in [0.4, 0.5) is 5.69 Å². The van der Waals surface area contributed by atoms with Crippen molar-refractivity contribution in [3.05, 3.63) is 68.7 Å². The quantitative estimate of drug-likeness (QED) is 0.561. The molecule has 1 unspecified atom stereocenters. The van der Waals surface area contributed by atoms with Gasteiger partial charge in [0, 0.05) is 18.2 Å². The molecule has 0 aliphatic heterocycles. The summed E-state index contributed by atoms with van der Waals surface area (Å²) in [4.78, 5) is 24.9. The molecule has 0 fully saturated rings. The number of ether oxygens (including phenoxy) is 1. The van der Waals surface area contributed by atoms with Crippen LogP contribution in [0.5, 0.6) is 5.75 Å². The lowest BCUT2D eigenvalue weighted by Gasteiger charge is -2.28. The van der Waals surface area contributed by atoms with Crippen LogP contribution in [0.3, 0.4) is 0 Å². The molecule has 2 aromatic rings. The van der Waals surface area contributed by atoms with Gasteiger partial charge in [-0.25, -0.2) is 0 Å². The van der Waals surface area contributed by atoms with E-state index in [2.05, 4.69) is 0 Å². The molecule has 2 rings (SSSR count). The third kappa shape index (κ3) is 4.09. The van der Waals surface area contributed by atoms with Gasteiger partial charge >= 0.3 is 0 Å². The van der Waals surface area contributed by atoms with Crippen molar-refractivity contribution >= 4 is 23.2 Å². The molecule has 0 aliphatic carbocycles. The van der Waals surface area contributed by atoms with Crippen LogP contribution in [-0.2, 0) is 0 Å². The number of carbonyl (C=O) groups is 1. The SMILES string of the molecule is CCN(C(=O)c1ccc(Cl)c([N+](=O)[O-])c1)C(C)c1cccc(OC)c1. The van der Waals surface area contributed by atoms with Gasteiger partial charge in [-0.05, 0) is 43.7 Å². The van der Waals surface area contributed by atoms with Gasteiger partial charge in [0.05, 0.1) is 18.1 Å². The van der Waals surface area contributed by atoms with Gasteiger partial charge in [0.1, 0.15) is 10.8 Å². The Balaban J connectivity index is 2.34. The van der Waals surface area contributed by atoms with Crippen molar-refractivity contribution in [2.24, 2.45) is 0 Å². The summed E-state index contributed by atoms with van der Waals surface area (Å²) in [5.41, 5.74) is 0.864. The standard InChI is InChI=1S/C18H19ClN2O4/c1-4-20(12(2)13-6-5-7-15(10-13)25-3)18(22)14-8-9-16(19)17(11-14)21(23)24/h5-12H,4H2,1-3H3. The third-order valence-electron chi connectivity index (χ3n) is 4.04. The minimum absolute atomic E-state index is 0.00504. The van der Waals surface area contributed by atoms with Crippen LogP contribution >= 0.6 is 11.6 Å². The number of hydrogen-bond donors (Lipinski definition) is 0. The molecule has 1 atom stereocenters. The normalized spacial score (nSPS) is 11.7. The average molecular weight is 363 g/mol. The zero-order valence-corrected chi connectivity index (χ0v) is 15.0. The number of nitro groups is 1. The Bertz CT molecular complexity index is 794.